The van der Waals surface area contributed by atoms with E-state index in [0.29, 0.717) is 0 Å². The molecular formula is C13H13BF2N2O3. The summed E-state index contributed by atoms with van der Waals surface area (Å²) in [6.07, 6.45) is 0.197. The number of anilines is 1. The summed E-state index contributed by atoms with van der Waals surface area (Å²) >= 11 is 0. The van der Waals surface area contributed by atoms with Gasteiger partial charge in [-0.1, -0.05) is 6.07 Å². The van der Waals surface area contributed by atoms with Crippen molar-refractivity contribution in [2.45, 2.75) is 13.0 Å². The van der Waals surface area contributed by atoms with E-state index in [-0.39, 0.29) is 22.6 Å². The lowest BCUT2D eigenvalue weighted by Gasteiger charge is -2.17. The molecule has 0 fully saturated rings. The molecule has 1 aromatic heterocycles. The van der Waals surface area contributed by atoms with Crippen LogP contribution in [0.2, 0.25) is 0 Å². The van der Waals surface area contributed by atoms with E-state index < -0.39 is 24.9 Å². The highest BCUT2D eigenvalue weighted by atomic mass is 19.1. The molecule has 0 saturated carbocycles. The standard InChI is InChI=1S/C13H13BF2N2O3/c1-7(12-9(15)3-2-4-10(12)16)21-11-5-8(14(19)20)6-18-13(11)17/h2-7,19-20H,1H3,(H2,17,18)/t7-/m1/s1. The Balaban J connectivity index is 2.31. The molecule has 0 bridgehead atoms. The molecule has 1 heterocycles. The molecule has 0 aliphatic carbocycles. The fourth-order valence-corrected chi connectivity index (χ4v) is 1.85. The lowest BCUT2D eigenvalue weighted by Crippen LogP contribution is -2.30. The molecule has 1 aromatic carbocycles. The molecule has 0 aliphatic heterocycles. The van der Waals surface area contributed by atoms with Crippen LogP contribution in [0.15, 0.2) is 30.5 Å². The van der Waals surface area contributed by atoms with Gasteiger partial charge in [0.1, 0.15) is 17.7 Å². The van der Waals surface area contributed by atoms with Gasteiger partial charge in [0.05, 0.1) is 5.56 Å². The first-order valence-electron chi connectivity index (χ1n) is 6.12. The van der Waals surface area contributed by atoms with Crippen LogP contribution in [-0.2, 0) is 0 Å². The average molecular weight is 294 g/mol. The van der Waals surface area contributed by atoms with Crippen molar-refractivity contribution in [3.8, 4) is 5.75 Å². The van der Waals surface area contributed by atoms with Crippen molar-refractivity contribution >= 4 is 18.4 Å². The van der Waals surface area contributed by atoms with Gasteiger partial charge in [0.2, 0.25) is 0 Å². The molecule has 0 aliphatic rings. The van der Waals surface area contributed by atoms with Crippen molar-refractivity contribution < 1.29 is 23.6 Å². The number of aromatic nitrogens is 1. The van der Waals surface area contributed by atoms with Crippen LogP contribution in [0.5, 0.6) is 5.75 Å². The molecule has 110 valence electrons. The number of nitrogens with zero attached hydrogens (tertiary/aromatic N) is 1. The van der Waals surface area contributed by atoms with Gasteiger partial charge in [0.15, 0.2) is 11.6 Å². The minimum Gasteiger partial charge on any atom is -0.482 e. The third-order valence-electron chi connectivity index (χ3n) is 2.91. The number of hydrogen-bond acceptors (Lipinski definition) is 5. The van der Waals surface area contributed by atoms with Crippen LogP contribution in [0.3, 0.4) is 0 Å². The Morgan fingerprint density at radius 2 is 1.90 bits per heavy atom. The van der Waals surface area contributed by atoms with Crippen molar-refractivity contribution in [1.82, 2.24) is 4.98 Å². The fourth-order valence-electron chi connectivity index (χ4n) is 1.85. The van der Waals surface area contributed by atoms with Crippen molar-refractivity contribution in [3.05, 3.63) is 47.7 Å². The Hall–Kier alpha value is -2.19. The van der Waals surface area contributed by atoms with Crippen molar-refractivity contribution in [2.24, 2.45) is 0 Å². The summed E-state index contributed by atoms with van der Waals surface area (Å²) < 4.78 is 32.7. The van der Waals surface area contributed by atoms with Crippen molar-refractivity contribution in [2.75, 3.05) is 5.73 Å². The number of nitrogens with two attached hydrogens (primary N) is 1. The molecule has 0 saturated heterocycles. The van der Waals surface area contributed by atoms with E-state index in [1.165, 1.54) is 25.3 Å². The first kappa shape index (κ1) is 15.2. The summed E-state index contributed by atoms with van der Waals surface area (Å²) in [6.45, 7) is 1.45. The first-order valence-corrected chi connectivity index (χ1v) is 6.12. The van der Waals surface area contributed by atoms with E-state index >= 15 is 0 Å². The van der Waals surface area contributed by atoms with Crippen molar-refractivity contribution in [3.63, 3.8) is 0 Å². The number of halogens is 2. The van der Waals surface area contributed by atoms with Crippen LogP contribution < -0.4 is 15.9 Å². The maximum Gasteiger partial charge on any atom is 0.490 e. The Labute approximate surface area is 120 Å². The molecule has 5 nitrogen and oxygen atoms in total. The molecule has 0 unspecified atom stereocenters. The third kappa shape index (κ3) is 3.29. The number of rotatable bonds is 4. The van der Waals surface area contributed by atoms with Crippen molar-refractivity contribution in [1.29, 1.82) is 0 Å². The van der Waals surface area contributed by atoms with Gasteiger partial charge in [0, 0.05) is 11.7 Å². The maximum absolute atomic E-state index is 13.7. The largest absolute Gasteiger partial charge is 0.490 e. The second-order valence-electron chi connectivity index (χ2n) is 4.42. The Morgan fingerprint density at radius 1 is 1.29 bits per heavy atom. The predicted octanol–water partition coefficient (Wildman–Crippen LogP) is 0.762. The summed E-state index contributed by atoms with van der Waals surface area (Å²) in [6, 6.07) is 4.74. The summed E-state index contributed by atoms with van der Waals surface area (Å²) in [5.74, 6) is -1.50. The zero-order valence-corrected chi connectivity index (χ0v) is 11.1. The summed E-state index contributed by atoms with van der Waals surface area (Å²) in [4.78, 5) is 3.74. The SMILES string of the molecule is C[C@@H](Oc1cc(B(O)O)cnc1N)c1c(F)cccc1F. The second-order valence-corrected chi connectivity index (χ2v) is 4.42. The van der Waals surface area contributed by atoms with Crippen LogP contribution in [0, 0.1) is 11.6 Å². The number of benzene rings is 1. The Kier molecular flexibility index (Phi) is 4.39. The van der Waals surface area contributed by atoms with Gasteiger partial charge in [0.25, 0.3) is 0 Å². The van der Waals surface area contributed by atoms with Crippen LogP contribution in [0.25, 0.3) is 0 Å². The molecule has 21 heavy (non-hydrogen) atoms. The Morgan fingerprint density at radius 3 is 2.48 bits per heavy atom. The monoisotopic (exact) mass is 294 g/mol. The number of hydrogen-bond donors (Lipinski definition) is 3. The van der Waals surface area contributed by atoms with Crippen LogP contribution in [0.1, 0.15) is 18.6 Å². The quantitative estimate of drug-likeness (QED) is 0.725. The normalized spacial score (nSPS) is 12.0. The van der Waals surface area contributed by atoms with E-state index in [9.17, 15) is 8.78 Å². The second kappa shape index (κ2) is 6.07. The van der Waals surface area contributed by atoms with Crippen LogP contribution >= 0.6 is 0 Å². The smallest absolute Gasteiger partial charge is 0.482 e. The highest BCUT2D eigenvalue weighted by Gasteiger charge is 2.20. The highest BCUT2D eigenvalue weighted by molar-refractivity contribution is 6.58. The van der Waals surface area contributed by atoms with Gasteiger partial charge in [-0.2, -0.15) is 0 Å². The van der Waals surface area contributed by atoms with Gasteiger partial charge in [-0.05, 0) is 25.1 Å². The van der Waals surface area contributed by atoms with E-state index in [4.69, 9.17) is 20.5 Å². The average Bonchev–Trinajstić information content (AvgIpc) is 2.40. The molecule has 0 spiro atoms. The van der Waals surface area contributed by atoms with E-state index in [1.54, 1.807) is 0 Å². The topological polar surface area (TPSA) is 88.6 Å². The highest BCUT2D eigenvalue weighted by Crippen LogP contribution is 2.27. The van der Waals surface area contributed by atoms with Crippen LogP contribution in [0.4, 0.5) is 14.6 Å². The van der Waals surface area contributed by atoms with E-state index in [0.717, 1.165) is 12.1 Å². The molecule has 1 atom stereocenters. The maximum atomic E-state index is 13.7. The molecular weight excluding hydrogens is 281 g/mol. The fraction of sp³-hybridized carbons (Fsp3) is 0.154. The minimum atomic E-state index is -1.75. The lowest BCUT2D eigenvalue weighted by molar-refractivity contribution is 0.216. The molecule has 0 radical (unpaired) electrons. The molecule has 2 rings (SSSR count). The number of pyridine rings is 1. The summed E-state index contributed by atoms with van der Waals surface area (Å²) in [5, 5.41) is 18.2. The molecule has 0 amide bonds. The first-order chi connectivity index (χ1) is 9.90. The predicted molar refractivity (Wildman–Crippen MR) is 73.9 cm³/mol. The zero-order valence-electron chi connectivity index (χ0n) is 11.1. The van der Waals surface area contributed by atoms with Gasteiger partial charge in [-0.3, -0.25) is 0 Å². The van der Waals surface area contributed by atoms with E-state index in [1.807, 2.05) is 0 Å². The van der Waals surface area contributed by atoms with Gasteiger partial charge < -0.3 is 20.5 Å². The Bertz CT molecular complexity index is 635. The summed E-state index contributed by atoms with van der Waals surface area (Å²) in [7, 11) is -1.75. The molecule has 4 N–H and O–H groups in total. The summed E-state index contributed by atoms with van der Waals surface area (Å²) in [5.41, 5.74) is 5.42. The molecule has 2 aromatic rings. The lowest BCUT2D eigenvalue weighted by atomic mass is 9.81. The van der Waals surface area contributed by atoms with Gasteiger partial charge in [-0.15, -0.1) is 0 Å². The third-order valence-corrected chi connectivity index (χ3v) is 2.91. The molecule has 8 heteroatoms. The van der Waals surface area contributed by atoms with Crippen LogP contribution in [-0.4, -0.2) is 22.2 Å². The van der Waals surface area contributed by atoms with Gasteiger partial charge >= 0.3 is 7.12 Å². The van der Waals surface area contributed by atoms with Gasteiger partial charge in [-0.25, -0.2) is 13.8 Å². The van der Waals surface area contributed by atoms with E-state index in [2.05, 4.69) is 4.98 Å². The number of nitrogen functional groups attached to an aromatic ring is 1. The minimum absolute atomic E-state index is 0.00996. The number of ether oxygens (including phenoxy) is 1. The zero-order chi connectivity index (χ0) is 15.6.